The molecule has 0 amide bonds. The van der Waals surface area contributed by atoms with Gasteiger partial charge in [0.15, 0.2) is 5.82 Å². The highest BCUT2D eigenvalue weighted by molar-refractivity contribution is 7.15. The highest BCUT2D eigenvalue weighted by Crippen LogP contribution is 2.27. The standard InChI is InChI=1S/C13H14N4OS/c1-2-18-10-5-3-9(4-6-10)11-8-19-13-16-15-12(7-14)17(11)13/h3-6,8H,2,7,14H2,1H3. The molecular formula is C13H14N4OS. The van der Waals surface area contributed by atoms with Crippen LogP contribution < -0.4 is 10.5 Å². The number of benzene rings is 1. The van der Waals surface area contributed by atoms with Gasteiger partial charge in [-0.1, -0.05) is 0 Å². The average molecular weight is 274 g/mol. The minimum Gasteiger partial charge on any atom is -0.494 e. The Balaban J connectivity index is 2.05. The smallest absolute Gasteiger partial charge is 0.216 e. The van der Waals surface area contributed by atoms with Crippen molar-refractivity contribution in [3.63, 3.8) is 0 Å². The molecule has 0 radical (unpaired) electrons. The Morgan fingerprint density at radius 2 is 2.05 bits per heavy atom. The Bertz CT molecular complexity index is 686. The molecule has 0 saturated carbocycles. The van der Waals surface area contributed by atoms with Crippen LogP contribution in [0.25, 0.3) is 16.2 Å². The molecule has 0 aliphatic carbocycles. The van der Waals surface area contributed by atoms with Gasteiger partial charge in [0.05, 0.1) is 18.8 Å². The van der Waals surface area contributed by atoms with Crippen LogP contribution in [0.3, 0.4) is 0 Å². The molecule has 0 aliphatic heterocycles. The predicted octanol–water partition coefficient (Wildman–Crippen LogP) is 2.32. The van der Waals surface area contributed by atoms with E-state index in [1.54, 1.807) is 11.3 Å². The number of fused-ring (bicyclic) bond motifs is 1. The fourth-order valence-electron chi connectivity index (χ4n) is 2.00. The zero-order chi connectivity index (χ0) is 13.2. The third kappa shape index (κ3) is 2.09. The first-order valence-electron chi connectivity index (χ1n) is 6.08. The Morgan fingerprint density at radius 1 is 1.26 bits per heavy atom. The summed E-state index contributed by atoms with van der Waals surface area (Å²) in [5, 5.41) is 10.3. The van der Waals surface area contributed by atoms with Crippen molar-refractivity contribution in [1.29, 1.82) is 0 Å². The van der Waals surface area contributed by atoms with Crippen LogP contribution in [0.5, 0.6) is 5.75 Å². The minimum absolute atomic E-state index is 0.377. The third-order valence-corrected chi connectivity index (χ3v) is 3.68. The van der Waals surface area contributed by atoms with Gasteiger partial charge in [0, 0.05) is 5.38 Å². The Morgan fingerprint density at radius 3 is 2.74 bits per heavy atom. The van der Waals surface area contributed by atoms with Crippen LogP contribution in [0.15, 0.2) is 29.6 Å². The highest BCUT2D eigenvalue weighted by atomic mass is 32.1. The highest BCUT2D eigenvalue weighted by Gasteiger charge is 2.12. The molecule has 2 N–H and O–H groups in total. The molecule has 0 bridgehead atoms. The summed E-state index contributed by atoms with van der Waals surface area (Å²) in [6, 6.07) is 8.00. The first-order valence-corrected chi connectivity index (χ1v) is 6.96. The molecule has 6 heteroatoms. The molecule has 0 atom stereocenters. The zero-order valence-corrected chi connectivity index (χ0v) is 11.4. The number of aromatic nitrogens is 3. The monoisotopic (exact) mass is 274 g/mol. The van der Waals surface area contributed by atoms with Crippen LogP contribution in [-0.4, -0.2) is 21.2 Å². The largest absolute Gasteiger partial charge is 0.494 e. The quantitative estimate of drug-likeness (QED) is 0.793. The number of rotatable bonds is 4. The van der Waals surface area contributed by atoms with Crippen LogP contribution in [0, 0.1) is 0 Å². The Hall–Kier alpha value is -1.92. The van der Waals surface area contributed by atoms with Crippen molar-refractivity contribution in [2.45, 2.75) is 13.5 Å². The van der Waals surface area contributed by atoms with E-state index in [4.69, 9.17) is 10.5 Å². The van der Waals surface area contributed by atoms with E-state index in [1.807, 2.05) is 35.6 Å². The summed E-state index contributed by atoms with van der Waals surface area (Å²) in [5.74, 6) is 1.65. The molecule has 0 aliphatic rings. The lowest BCUT2D eigenvalue weighted by atomic mass is 10.1. The van der Waals surface area contributed by atoms with Gasteiger partial charge in [-0.2, -0.15) is 0 Å². The Labute approximate surface area is 114 Å². The number of ether oxygens (including phenoxy) is 1. The van der Waals surface area contributed by atoms with Crippen molar-refractivity contribution in [3.8, 4) is 17.0 Å². The first kappa shape index (κ1) is 12.1. The second kappa shape index (κ2) is 4.99. The summed E-state index contributed by atoms with van der Waals surface area (Å²) in [7, 11) is 0. The van der Waals surface area contributed by atoms with Crippen LogP contribution in [0.1, 0.15) is 12.7 Å². The maximum absolute atomic E-state index is 5.69. The van der Waals surface area contributed by atoms with E-state index in [1.165, 1.54) is 0 Å². The fourth-order valence-corrected chi connectivity index (χ4v) is 2.85. The number of nitrogens with two attached hydrogens (primary N) is 1. The van der Waals surface area contributed by atoms with E-state index >= 15 is 0 Å². The normalized spacial score (nSPS) is 11.1. The number of hydrogen-bond acceptors (Lipinski definition) is 5. The molecule has 3 rings (SSSR count). The molecule has 19 heavy (non-hydrogen) atoms. The maximum atomic E-state index is 5.69. The van der Waals surface area contributed by atoms with Gasteiger partial charge in [0.2, 0.25) is 4.96 Å². The van der Waals surface area contributed by atoms with E-state index in [0.717, 1.165) is 27.8 Å². The molecule has 0 saturated heterocycles. The van der Waals surface area contributed by atoms with Crippen molar-refractivity contribution in [3.05, 3.63) is 35.5 Å². The third-order valence-electron chi connectivity index (χ3n) is 2.86. The Kier molecular flexibility index (Phi) is 3.18. The first-order chi connectivity index (χ1) is 9.33. The SMILES string of the molecule is CCOc1ccc(-c2csc3nnc(CN)n23)cc1. The van der Waals surface area contributed by atoms with Crippen LogP contribution >= 0.6 is 11.3 Å². The molecular weight excluding hydrogens is 260 g/mol. The van der Waals surface area contributed by atoms with E-state index in [0.29, 0.717) is 13.2 Å². The van der Waals surface area contributed by atoms with Crippen molar-refractivity contribution >= 4 is 16.3 Å². The summed E-state index contributed by atoms with van der Waals surface area (Å²) in [5.41, 5.74) is 7.86. The van der Waals surface area contributed by atoms with E-state index < -0.39 is 0 Å². The van der Waals surface area contributed by atoms with E-state index in [2.05, 4.69) is 15.6 Å². The summed E-state index contributed by atoms with van der Waals surface area (Å²) in [4.78, 5) is 0.865. The summed E-state index contributed by atoms with van der Waals surface area (Å²) < 4.78 is 7.45. The minimum atomic E-state index is 0.377. The van der Waals surface area contributed by atoms with Gasteiger partial charge in [-0.25, -0.2) is 0 Å². The molecule has 0 spiro atoms. The van der Waals surface area contributed by atoms with Gasteiger partial charge in [0.1, 0.15) is 5.75 Å². The molecule has 0 fully saturated rings. The van der Waals surface area contributed by atoms with Crippen molar-refractivity contribution in [2.24, 2.45) is 5.73 Å². The van der Waals surface area contributed by atoms with Crippen LogP contribution in [0.4, 0.5) is 0 Å². The van der Waals surface area contributed by atoms with Gasteiger partial charge in [-0.3, -0.25) is 4.40 Å². The molecule has 0 unspecified atom stereocenters. The lowest BCUT2D eigenvalue weighted by Crippen LogP contribution is -2.03. The van der Waals surface area contributed by atoms with Gasteiger partial charge in [-0.15, -0.1) is 21.5 Å². The van der Waals surface area contributed by atoms with Crippen molar-refractivity contribution in [1.82, 2.24) is 14.6 Å². The fraction of sp³-hybridized carbons (Fsp3) is 0.231. The second-order valence-corrected chi connectivity index (χ2v) is 4.85. The van der Waals surface area contributed by atoms with Crippen LogP contribution in [-0.2, 0) is 6.54 Å². The maximum Gasteiger partial charge on any atom is 0.216 e. The molecule has 5 nitrogen and oxygen atoms in total. The molecule has 2 heterocycles. The van der Waals surface area contributed by atoms with Crippen molar-refractivity contribution < 1.29 is 4.74 Å². The predicted molar refractivity (Wildman–Crippen MR) is 75.4 cm³/mol. The van der Waals surface area contributed by atoms with E-state index in [-0.39, 0.29) is 0 Å². The van der Waals surface area contributed by atoms with Crippen molar-refractivity contribution in [2.75, 3.05) is 6.61 Å². The lowest BCUT2D eigenvalue weighted by molar-refractivity contribution is 0.340. The topological polar surface area (TPSA) is 65.4 Å². The molecule has 2 aromatic heterocycles. The molecule has 1 aromatic carbocycles. The van der Waals surface area contributed by atoms with Gasteiger partial charge in [-0.05, 0) is 36.8 Å². The van der Waals surface area contributed by atoms with E-state index in [9.17, 15) is 0 Å². The molecule has 3 aromatic rings. The van der Waals surface area contributed by atoms with Gasteiger partial charge >= 0.3 is 0 Å². The number of hydrogen-bond donors (Lipinski definition) is 1. The second-order valence-electron chi connectivity index (χ2n) is 4.02. The van der Waals surface area contributed by atoms with Gasteiger partial charge in [0.25, 0.3) is 0 Å². The lowest BCUT2D eigenvalue weighted by Gasteiger charge is -2.05. The summed E-state index contributed by atoms with van der Waals surface area (Å²) in [6.45, 7) is 3.02. The average Bonchev–Trinajstić information content (AvgIpc) is 3.01. The summed E-state index contributed by atoms with van der Waals surface area (Å²) >= 11 is 1.56. The number of thiazole rings is 1. The van der Waals surface area contributed by atoms with Gasteiger partial charge < -0.3 is 10.5 Å². The summed E-state index contributed by atoms with van der Waals surface area (Å²) in [6.07, 6.45) is 0. The number of nitrogens with zero attached hydrogens (tertiary/aromatic N) is 3. The van der Waals surface area contributed by atoms with Crippen LogP contribution in [0.2, 0.25) is 0 Å². The molecule has 98 valence electrons. The zero-order valence-electron chi connectivity index (χ0n) is 10.5.